The maximum Gasteiger partial charge on any atom is 0.326 e. The van der Waals surface area contributed by atoms with Gasteiger partial charge in [0, 0.05) is 5.69 Å². The van der Waals surface area contributed by atoms with Gasteiger partial charge < -0.3 is 10.4 Å². The largest absolute Gasteiger partial charge is 0.480 e. The smallest absolute Gasteiger partial charge is 0.326 e. The van der Waals surface area contributed by atoms with Crippen LogP contribution in [-0.2, 0) is 4.79 Å². The summed E-state index contributed by atoms with van der Waals surface area (Å²) < 4.78 is 0. The Balaban J connectivity index is 2.89. The maximum atomic E-state index is 11.2. The molecular weight excluding hydrogens is 202 g/mol. The molecule has 0 aliphatic rings. The quantitative estimate of drug-likeness (QED) is 0.825. The average molecular weight is 221 g/mol. The molecule has 0 amide bonds. The standard InChI is InChI=1S/C13H19NO2/c1-9-6-5-7-10(8-9)14-11(12(15)16)13(2,3)4/h5-8,11,14H,1-4H3,(H,15,16)/t11-/m1/s1. The van der Waals surface area contributed by atoms with E-state index in [9.17, 15) is 9.90 Å². The van der Waals surface area contributed by atoms with Crippen LogP contribution >= 0.6 is 0 Å². The summed E-state index contributed by atoms with van der Waals surface area (Å²) in [6.45, 7) is 7.72. The molecule has 1 atom stereocenters. The molecule has 0 spiro atoms. The molecule has 0 aromatic heterocycles. The molecule has 88 valence electrons. The Bertz CT molecular complexity index is 380. The van der Waals surface area contributed by atoms with Crippen molar-refractivity contribution in [2.45, 2.75) is 33.7 Å². The van der Waals surface area contributed by atoms with Crippen LogP contribution in [0.25, 0.3) is 0 Å². The second kappa shape index (κ2) is 4.56. The highest BCUT2D eigenvalue weighted by Gasteiger charge is 2.30. The average Bonchev–Trinajstić information content (AvgIpc) is 2.12. The normalized spacial score (nSPS) is 13.2. The number of nitrogens with one attached hydrogen (secondary N) is 1. The highest BCUT2D eigenvalue weighted by molar-refractivity contribution is 5.78. The summed E-state index contributed by atoms with van der Waals surface area (Å²) in [5.74, 6) is -0.825. The summed E-state index contributed by atoms with van der Waals surface area (Å²) in [7, 11) is 0. The fourth-order valence-corrected chi connectivity index (χ4v) is 1.55. The predicted molar refractivity (Wildman–Crippen MR) is 65.7 cm³/mol. The second-order valence-electron chi connectivity index (χ2n) is 5.15. The number of aliphatic carboxylic acids is 1. The Kier molecular flexibility index (Phi) is 3.58. The Morgan fingerprint density at radius 3 is 2.44 bits per heavy atom. The Hall–Kier alpha value is -1.51. The van der Waals surface area contributed by atoms with Gasteiger partial charge in [0.15, 0.2) is 0 Å². The van der Waals surface area contributed by atoms with Gasteiger partial charge in [-0.1, -0.05) is 32.9 Å². The number of aryl methyl sites for hydroxylation is 1. The van der Waals surface area contributed by atoms with Gasteiger partial charge in [0.2, 0.25) is 0 Å². The van der Waals surface area contributed by atoms with E-state index in [1.165, 1.54) is 0 Å². The van der Waals surface area contributed by atoms with Crippen LogP contribution in [0.5, 0.6) is 0 Å². The van der Waals surface area contributed by atoms with Crippen LogP contribution < -0.4 is 5.32 Å². The van der Waals surface area contributed by atoms with E-state index in [2.05, 4.69) is 5.32 Å². The van der Waals surface area contributed by atoms with Gasteiger partial charge in [0.25, 0.3) is 0 Å². The monoisotopic (exact) mass is 221 g/mol. The molecule has 0 saturated carbocycles. The van der Waals surface area contributed by atoms with Gasteiger partial charge in [-0.3, -0.25) is 0 Å². The number of anilines is 1. The lowest BCUT2D eigenvalue weighted by Gasteiger charge is -2.28. The van der Waals surface area contributed by atoms with Crippen molar-refractivity contribution in [3.63, 3.8) is 0 Å². The van der Waals surface area contributed by atoms with Crippen molar-refractivity contribution < 1.29 is 9.90 Å². The summed E-state index contributed by atoms with van der Waals surface area (Å²) >= 11 is 0. The SMILES string of the molecule is Cc1cccc(N[C@H](C(=O)O)C(C)(C)C)c1. The van der Waals surface area contributed by atoms with E-state index in [0.717, 1.165) is 11.3 Å². The molecule has 3 nitrogen and oxygen atoms in total. The number of rotatable bonds is 3. The molecule has 0 radical (unpaired) electrons. The lowest BCUT2D eigenvalue weighted by molar-refractivity contribution is -0.140. The highest BCUT2D eigenvalue weighted by Crippen LogP contribution is 2.23. The zero-order valence-electron chi connectivity index (χ0n) is 10.2. The molecule has 1 aromatic rings. The van der Waals surface area contributed by atoms with E-state index in [1.807, 2.05) is 52.0 Å². The number of benzene rings is 1. The van der Waals surface area contributed by atoms with Gasteiger partial charge in [-0.15, -0.1) is 0 Å². The van der Waals surface area contributed by atoms with Crippen molar-refractivity contribution in [3.8, 4) is 0 Å². The number of hydrogen-bond acceptors (Lipinski definition) is 2. The molecule has 0 fully saturated rings. The molecular formula is C13H19NO2. The fourth-order valence-electron chi connectivity index (χ4n) is 1.55. The van der Waals surface area contributed by atoms with Crippen LogP contribution in [0.3, 0.4) is 0 Å². The summed E-state index contributed by atoms with van der Waals surface area (Å²) in [6, 6.07) is 7.14. The topological polar surface area (TPSA) is 49.3 Å². The summed E-state index contributed by atoms with van der Waals surface area (Å²) in [4.78, 5) is 11.2. The third-order valence-electron chi connectivity index (χ3n) is 2.44. The Labute approximate surface area is 96.5 Å². The molecule has 0 saturated heterocycles. The van der Waals surface area contributed by atoms with Crippen LogP contribution in [0.2, 0.25) is 0 Å². The third kappa shape index (κ3) is 3.26. The van der Waals surface area contributed by atoms with E-state index in [1.54, 1.807) is 0 Å². The molecule has 2 N–H and O–H groups in total. The molecule has 3 heteroatoms. The van der Waals surface area contributed by atoms with Gasteiger partial charge in [0.05, 0.1) is 0 Å². The van der Waals surface area contributed by atoms with E-state index >= 15 is 0 Å². The molecule has 16 heavy (non-hydrogen) atoms. The van der Waals surface area contributed by atoms with E-state index < -0.39 is 12.0 Å². The van der Waals surface area contributed by atoms with Crippen LogP contribution in [0.1, 0.15) is 26.3 Å². The second-order valence-corrected chi connectivity index (χ2v) is 5.15. The van der Waals surface area contributed by atoms with Crippen molar-refractivity contribution in [3.05, 3.63) is 29.8 Å². The Morgan fingerprint density at radius 1 is 1.38 bits per heavy atom. The minimum atomic E-state index is -0.825. The zero-order chi connectivity index (χ0) is 12.3. The minimum absolute atomic E-state index is 0.324. The lowest BCUT2D eigenvalue weighted by atomic mass is 9.86. The molecule has 1 rings (SSSR count). The van der Waals surface area contributed by atoms with Crippen molar-refractivity contribution in [1.82, 2.24) is 0 Å². The molecule has 1 aromatic carbocycles. The van der Waals surface area contributed by atoms with Crippen LogP contribution in [-0.4, -0.2) is 17.1 Å². The minimum Gasteiger partial charge on any atom is -0.480 e. The first-order chi connectivity index (χ1) is 7.30. The Morgan fingerprint density at radius 2 is 2.00 bits per heavy atom. The molecule has 0 heterocycles. The highest BCUT2D eigenvalue weighted by atomic mass is 16.4. The number of hydrogen-bond donors (Lipinski definition) is 2. The van der Waals surface area contributed by atoms with Crippen LogP contribution in [0.4, 0.5) is 5.69 Å². The van der Waals surface area contributed by atoms with E-state index in [4.69, 9.17) is 0 Å². The number of carboxylic acid groups (broad SMARTS) is 1. The first-order valence-electron chi connectivity index (χ1n) is 5.37. The van der Waals surface area contributed by atoms with E-state index in [-0.39, 0.29) is 5.41 Å². The fraction of sp³-hybridized carbons (Fsp3) is 0.462. The van der Waals surface area contributed by atoms with Crippen molar-refractivity contribution in [2.24, 2.45) is 5.41 Å². The predicted octanol–water partition coefficient (Wildman–Crippen LogP) is 2.91. The van der Waals surface area contributed by atoms with Crippen molar-refractivity contribution >= 4 is 11.7 Å². The number of carbonyl (C=O) groups is 1. The van der Waals surface area contributed by atoms with Gasteiger partial charge in [-0.25, -0.2) is 4.79 Å². The van der Waals surface area contributed by atoms with Gasteiger partial charge >= 0.3 is 5.97 Å². The molecule has 0 unspecified atom stereocenters. The summed E-state index contributed by atoms with van der Waals surface area (Å²) in [5.41, 5.74) is 1.64. The molecule has 0 aliphatic carbocycles. The maximum absolute atomic E-state index is 11.2. The van der Waals surface area contributed by atoms with Gasteiger partial charge in [-0.05, 0) is 30.0 Å². The van der Waals surface area contributed by atoms with E-state index in [0.29, 0.717) is 0 Å². The first kappa shape index (κ1) is 12.6. The summed E-state index contributed by atoms with van der Waals surface area (Å²) in [6.07, 6.45) is 0. The van der Waals surface area contributed by atoms with Gasteiger partial charge in [-0.2, -0.15) is 0 Å². The van der Waals surface area contributed by atoms with Crippen LogP contribution in [0.15, 0.2) is 24.3 Å². The first-order valence-corrected chi connectivity index (χ1v) is 5.37. The number of carboxylic acids is 1. The molecule has 0 aliphatic heterocycles. The van der Waals surface area contributed by atoms with Gasteiger partial charge in [0.1, 0.15) is 6.04 Å². The summed E-state index contributed by atoms with van der Waals surface area (Å²) in [5, 5.41) is 12.2. The molecule has 0 bridgehead atoms. The lowest BCUT2D eigenvalue weighted by Crippen LogP contribution is -2.41. The van der Waals surface area contributed by atoms with Crippen LogP contribution in [0, 0.1) is 12.3 Å². The third-order valence-corrected chi connectivity index (χ3v) is 2.44. The zero-order valence-corrected chi connectivity index (χ0v) is 10.2. The van der Waals surface area contributed by atoms with Crippen molar-refractivity contribution in [1.29, 1.82) is 0 Å². The van der Waals surface area contributed by atoms with Crippen molar-refractivity contribution in [2.75, 3.05) is 5.32 Å².